The van der Waals surface area contributed by atoms with Crippen LogP contribution >= 0.6 is 8.46 Å². The average Bonchev–Trinajstić information content (AvgIpc) is 2.30. The summed E-state index contributed by atoms with van der Waals surface area (Å²) in [7, 11) is 3.83. The molecule has 0 aliphatic heterocycles. The Bertz CT molecular complexity index is 488. The molecule has 1 aromatic heterocycles. The molecule has 0 aliphatic carbocycles. The van der Waals surface area contributed by atoms with E-state index in [9.17, 15) is 4.57 Å². The molecular formula is C12H9IrNOP-. The molecule has 0 atom stereocenters. The van der Waals surface area contributed by atoms with Crippen molar-refractivity contribution in [3.8, 4) is 11.3 Å². The summed E-state index contributed by atoms with van der Waals surface area (Å²) in [5.41, 5.74) is 2.49. The molecular weight excluding hydrogens is 397 g/mol. The van der Waals surface area contributed by atoms with E-state index in [1.165, 1.54) is 0 Å². The number of nitrogens with zero attached hydrogens (tertiary/aromatic N) is 1. The van der Waals surface area contributed by atoms with Gasteiger partial charge in [-0.2, -0.15) is 0 Å². The number of hydrogen-bond acceptors (Lipinski definition) is 1. The molecule has 2 aromatic rings. The van der Waals surface area contributed by atoms with Gasteiger partial charge in [-0.25, -0.2) is 0 Å². The van der Waals surface area contributed by atoms with Crippen LogP contribution in [-0.4, -0.2) is 0 Å². The summed E-state index contributed by atoms with van der Waals surface area (Å²) in [6.45, 7) is 0. The van der Waals surface area contributed by atoms with Crippen LogP contribution in [0.3, 0.4) is 0 Å². The standard InChI is InChI=1S/C12H9NOP.Ir/c1-13-11(8-5-9-12(13)15-14)10-6-3-2-4-7-10;/h2-6,8-9H,1H2;/q-1;. The third-order valence-electron chi connectivity index (χ3n) is 2.15. The van der Waals surface area contributed by atoms with Crippen LogP contribution in [0.5, 0.6) is 0 Å². The van der Waals surface area contributed by atoms with Gasteiger partial charge in [-0.05, 0) is 12.1 Å². The Kier molecular flexibility index (Phi) is 4.82. The molecule has 2 nitrogen and oxygen atoms in total. The first-order chi connectivity index (χ1) is 7.33. The quantitative estimate of drug-likeness (QED) is 0.425. The van der Waals surface area contributed by atoms with E-state index in [-0.39, 0.29) is 28.6 Å². The molecule has 0 unspecified atom stereocenters. The van der Waals surface area contributed by atoms with Crippen molar-refractivity contribution in [2.45, 2.75) is 0 Å². The molecule has 2 rings (SSSR count). The maximum Gasteiger partial charge on any atom is 0.193 e. The van der Waals surface area contributed by atoms with E-state index < -0.39 is 0 Å². The Morgan fingerprint density at radius 2 is 2.00 bits per heavy atom. The molecule has 0 spiro atoms. The van der Waals surface area contributed by atoms with Crippen LogP contribution < -0.4 is 10.0 Å². The Morgan fingerprint density at radius 3 is 2.62 bits per heavy atom. The van der Waals surface area contributed by atoms with E-state index in [1.54, 1.807) is 10.6 Å². The Morgan fingerprint density at radius 1 is 1.19 bits per heavy atom. The second-order valence-electron chi connectivity index (χ2n) is 3.06. The predicted octanol–water partition coefficient (Wildman–Crippen LogP) is 2.00. The molecule has 0 amide bonds. The zero-order valence-corrected chi connectivity index (χ0v) is 11.7. The first-order valence-corrected chi connectivity index (χ1v) is 5.30. The van der Waals surface area contributed by atoms with Gasteiger partial charge in [0.15, 0.2) is 13.9 Å². The fourth-order valence-electron chi connectivity index (χ4n) is 1.40. The van der Waals surface area contributed by atoms with Crippen molar-refractivity contribution >= 4 is 13.9 Å². The molecule has 0 bridgehead atoms. The van der Waals surface area contributed by atoms with Crippen LogP contribution in [0.1, 0.15) is 0 Å². The molecule has 1 radical (unpaired) electrons. The van der Waals surface area contributed by atoms with Crippen LogP contribution in [0.4, 0.5) is 0 Å². The van der Waals surface area contributed by atoms with Crippen LogP contribution in [0, 0.1) is 13.1 Å². The van der Waals surface area contributed by atoms with Crippen molar-refractivity contribution in [1.82, 2.24) is 0 Å². The summed E-state index contributed by atoms with van der Waals surface area (Å²) >= 11 is 0. The largest absolute Gasteiger partial charge is 0.308 e. The van der Waals surface area contributed by atoms with E-state index in [0.29, 0.717) is 5.44 Å². The maximum absolute atomic E-state index is 10.8. The van der Waals surface area contributed by atoms with Crippen LogP contribution in [0.2, 0.25) is 0 Å². The van der Waals surface area contributed by atoms with Crippen LogP contribution in [0.25, 0.3) is 11.3 Å². The van der Waals surface area contributed by atoms with E-state index in [1.807, 2.05) is 36.4 Å². The van der Waals surface area contributed by atoms with Crippen molar-refractivity contribution < 1.29 is 29.2 Å². The monoisotopic (exact) mass is 407 g/mol. The van der Waals surface area contributed by atoms with Gasteiger partial charge in [0.05, 0.1) is 0 Å². The fourth-order valence-corrected chi connectivity index (χ4v) is 1.75. The van der Waals surface area contributed by atoms with E-state index in [4.69, 9.17) is 0 Å². The second-order valence-corrected chi connectivity index (χ2v) is 3.71. The molecule has 1 aromatic carbocycles. The molecule has 1 heterocycles. The Hall–Kier alpha value is -1.01. The zero-order valence-electron chi connectivity index (χ0n) is 8.38. The van der Waals surface area contributed by atoms with Gasteiger partial charge in [-0.15, -0.1) is 30.3 Å². The summed E-state index contributed by atoms with van der Waals surface area (Å²) in [4.78, 5) is 0. The van der Waals surface area contributed by atoms with Crippen molar-refractivity contribution in [3.05, 3.63) is 55.6 Å². The molecule has 0 fully saturated rings. The molecule has 83 valence electrons. The molecule has 16 heavy (non-hydrogen) atoms. The van der Waals surface area contributed by atoms with Gasteiger partial charge in [0.1, 0.15) is 5.69 Å². The number of pyridine rings is 1. The third-order valence-corrected chi connectivity index (χ3v) is 2.72. The topological polar surface area (TPSA) is 20.9 Å². The van der Waals surface area contributed by atoms with Gasteiger partial charge >= 0.3 is 0 Å². The Labute approximate surface area is 110 Å². The average molecular weight is 406 g/mol. The van der Waals surface area contributed by atoms with Crippen molar-refractivity contribution in [2.75, 3.05) is 0 Å². The van der Waals surface area contributed by atoms with Gasteiger partial charge < -0.3 is 4.57 Å². The molecule has 0 N–H and O–H groups in total. The Balaban J connectivity index is 0.00000128. The van der Waals surface area contributed by atoms with Crippen LogP contribution in [-0.2, 0) is 24.7 Å². The smallest absolute Gasteiger partial charge is 0.193 e. The van der Waals surface area contributed by atoms with E-state index in [0.717, 1.165) is 11.3 Å². The van der Waals surface area contributed by atoms with Gasteiger partial charge in [-0.3, -0.25) is 4.57 Å². The SMILES string of the molecule is [CH2-][n+]1c(P=O)cccc1-c1[c-]cccc1.[Ir]. The summed E-state index contributed by atoms with van der Waals surface area (Å²) in [6.07, 6.45) is 0. The van der Waals surface area contributed by atoms with Crippen molar-refractivity contribution in [2.24, 2.45) is 0 Å². The summed E-state index contributed by atoms with van der Waals surface area (Å²) in [6, 6.07) is 16.3. The molecule has 4 heteroatoms. The van der Waals surface area contributed by atoms with Crippen LogP contribution in [0.15, 0.2) is 42.5 Å². The van der Waals surface area contributed by atoms with E-state index >= 15 is 0 Å². The first-order valence-electron chi connectivity index (χ1n) is 4.49. The van der Waals surface area contributed by atoms with Gasteiger partial charge in [-0.1, -0.05) is 11.6 Å². The summed E-state index contributed by atoms with van der Waals surface area (Å²) in [5, 5.41) is 0. The van der Waals surface area contributed by atoms with Gasteiger partial charge in [0, 0.05) is 27.2 Å². The first kappa shape index (κ1) is 13.1. The fraction of sp³-hybridized carbons (Fsp3) is 0. The molecule has 0 aliphatic rings. The number of benzene rings is 1. The minimum atomic E-state index is -0.0262. The van der Waals surface area contributed by atoms with Crippen molar-refractivity contribution in [3.63, 3.8) is 0 Å². The summed E-state index contributed by atoms with van der Waals surface area (Å²) in [5.74, 6) is 0. The maximum atomic E-state index is 10.8. The normalized spacial score (nSPS) is 9.75. The molecule has 0 saturated carbocycles. The number of rotatable bonds is 2. The zero-order chi connectivity index (χ0) is 10.7. The minimum Gasteiger partial charge on any atom is -0.308 e. The number of hydrogen-bond donors (Lipinski definition) is 0. The minimum absolute atomic E-state index is 0. The van der Waals surface area contributed by atoms with E-state index in [2.05, 4.69) is 13.1 Å². The predicted molar refractivity (Wildman–Crippen MR) is 58.9 cm³/mol. The van der Waals surface area contributed by atoms with Gasteiger partial charge in [0.25, 0.3) is 0 Å². The molecule has 0 saturated heterocycles. The summed E-state index contributed by atoms with van der Waals surface area (Å²) < 4.78 is 12.5. The number of aromatic nitrogens is 1. The second kappa shape index (κ2) is 5.91. The van der Waals surface area contributed by atoms with Crippen molar-refractivity contribution in [1.29, 1.82) is 0 Å². The van der Waals surface area contributed by atoms with Gasteiger partial charge in [0.2, 0.25) is 0 Å². The third kappa shape index (κ3) is 2.56.